The second-order valence-corrected chi connectivity index (χ2v) is 5.73. The Balaban J connectivity index is 2.85. The van der Waals surface area contributed by atoms with Crippen molar-refractivity contribution < 1.29 is 19.1 Å². The van der Waals surface area contributed by atoms with E-state index in [2.05, 4.69) is 10.6 Å². The average Bonchev–Trinajstić information content (AvgIpc) is 2.40. The van der Waals surface area contributed by atoms with E-state index >= 15 is 0 Å². The van der Waals surface area contributed by atoms with E-state index in [-0.39, 0.29) is 24.6 Å². The molecule has 0 radical (unpaired) electrons. The first-order valence-corrected chi connectivity index (χ1v) is 6.76. The van der Waals surface area contributed by atoms with Gasteiger partial charge in [0.2, 0.25) is 5.91 Å². The monoisotopic (exact) mass is 296 g/mol. The molecule has 116 valence electrons. The number of amides is 2. The van der Waals surface area contributed by atoms with Gasteiger partial charge in [-0.25, -0.2) is 4.39 Å². The van der Waals surface area contributed by atoms with Gasteiger partial charge in [0.25, 0.3) is 5.91 Å². The molecule has 1 rings (SSSR count). The van der Waals surface area contributed by atoms with Crippen LogP contribution in [0.15, 0.2) is 18.2 Å². The minimum Gasteiger partial charge on any atom is -0.396 e. The molecule has 21 heavy (non-hydrogen) atoms. The highest BCUT2D eigenvalue weighted by molar-refractivity contribution is 5.98. The van der Waals surface area contributed by atoms with Crippen LogP contribution in [-0.2, 0) is 4.79 Å². The van der Waals surface area contributed by atoms with Crippen molar-refractivity contribution in [1.29, 1.82) is 0 Å². The molecule has 0 aliphatic heterocycles. The molecule has 0 fully saturated rings. The topological polar surface area (TPSA) is 78.4 Å². The first-order valence-electron chi connectivity index (χ1n) is 6.76. The molecule has 0 aliphatic carbocycles. The number of hydrogen-bond donors (Lipinski definition) is 3. The van der Waals surface area contributed by atoms with Gasteiger partial charge in [0, 0.05) is 24.3 Å². The Bertz CT molecular complexity index is 524. The zero-order valence-electron chi connectivity index (χ0n) is 12.5. The number of aliphatic hydroxyl groups is 1. The number of anilines is 1. The van der Waals surface area contributed by atoms with Gasteiger partial charge in [-0.05, 0) is 24.6 Å². The zero-order chi connectivity index (χ0) is 16.0. The lowest BCUT2D eigenvalue weighted by molar-refractivity contribution is -0.123. The summed E-state index contributed by atoms with van der Waals surface area (Å²) in [5.74, 6) is -1.46. The summed E-state index contributed by atoms with van der Waals surface area (Å²) in [4.78, 5) is 23.7. The normalized spacial score (nSPS) is 11.1. The molecule has 0 saturated carbocycles. The third kappa shape index (κ3) is 5.15. The number of halogens is 1. The molecule has 0 bridgehead atoms. The van der Waals surface area contributed by atoms with Crippen LogP contribution in [0.5, 0.6) is 0 Å². The third-order valence-corrected chi connectivity index (χ3v) is 2.77. The third-order valence-electron chi connectivity index (χ3n) is 2.77. The van der Waals surface area contributed by atoms with E-state index in [1.54, 1.807) is 20.8 Å². The van der Waals surface area contributed by atoms with E-state index in [1.807, 2.05) is 0 Å². The summed E-state index contributed by atoms with van der Waals surface area (Å²) >= 11 is 0. The van der Waals surface area contributed by atoms with Crippen LogP contribution in [0.3, 0.4) is 0 Å². The number of benzene rings is 1. The summed E-state index contributed by atoms with van der Waals surface area (Å²) in [6.45, 7) is 5.48. The van der Waals surface area contributed by atoms with E-state index in [4.69, 9.17) is 5.11 Å². The van der Waals surface area contributed by atoms with Gasteiger partial charge in [-0.3, -0.25) is 9.59 Å². The van der Waals surface area contributed by atoms with Crippen LogP contribution >= 0.6 is 0 Å². The fraction of sp³-hybridized carbons (Fsp3) is 0.467. The van der Waals surface area contributed by atoms with Crippen LogP contribution in [0.1, 0.15) is 37.6 Å². The highest BCUT2D eigenvalue weighted by Gasteiger charge is 2.22. The van der Waals surface area contributed by atoms with Crippen molar-refractivity contribution in [2.24, 2.45) is 5.41 Å². The highest BCUT2D eigenvalue weighted by Crippen LogP contribution is 2.19. The van der Waals surface area contributed by atoms with Crippen molar-refractivity contribution >= 4 is 17.5 Å². The molecule has 0 spiro atoms. The van der Waals surface area contributed by atoms with E-state index in [0.717, 1.165) is 6.07 Å². The van der Waals surface area contributed by atoms with Gasteiger partial charge < -0.3 is 15.7 Å². The molecule has 0 saturated heterocycles. The first-order chi connectivity index (χ1) is 9.75. The largest absolute Gasteiger partial charge is 0.396 e. The Morgan fingerprint density at radius 2 is 1.95 bits per heavy atom. The Morgan fingerprint density at radius 3 is 2.52 bits per heavy atom. The quantitative estimate of drug-likeness (QED) is 0.726. The van der Waals surface area contributed by atoms with Crippen LogP contribution in [0.4, 0.5) is 10.1 Å². The maximum atomic E-state index is 13.7. The summed E-state index contributed by atoms with van der Waals surface area (Å²) < 4.78 is 13.7. The smallest absolute Gasteiger partial charge is 0.254 e. The highest BCUT2D eigenvalue weighted by atomic mass is 19.1. The summed E-state index contributed by atoms with van der Waals surface area (Å²) in [5, 5.41) is 13.8. The molecule has 0 unspecified atom stereocenters. The second kappa shape index (κ2) is 7.17. The number of rotatable bonds is 5. The molecular formula is C15H21FN2O3. The number of aliphatic hydroxyl groups excluding tert-OH is 1. The SMILES string of the molecule is CC(C)(C)C(=O)Nc1ccc(F)c(C(=O)NCCCO)c1. The summed E-state index contributed by atoms with van der Waals surface area (Å²) in [5.41, 5.74) is -0.360. The minimum absolute atomic E-state index is 0.0511. The Hall–Kier alpha value is -1.95. The lowest BCUT2D eigenvalue weighted by atomic mass is 9.95. The second-order valence-electron chi connectivity index (χ2n) is 5.73. The van der Waals surface area contributed by atoms with Crippen LogP contribution in [0, 0.1) is 11.2 Å². The van der Waals surface area contributed by atoms with Crippen LogP contribution in [0.25, 0.3) is 0 Å². The van der Waals surface area contributed by atoms with Crippen LogP contribution in [0.2, 0.25) is 0 Å². The van der Waals surface area contributed by atoms with Crippen molar-refractivity contribution in [2.75, 3.05) is 18.5 Å². The average molecular weight is 296 g/mol. The molecule has 0 aliphatic rings. The molecule has 0 atom stereocenters. The van der Waals surface area contributed by atoms with Crippen molar-refractivity contribution in [3.05, 3.63) is 29.6 Å². The fourth-order valence-electron chi connectivity index (χ4n) is 1.47. The Labute approximate surface area is 123 Å². The van der Waals surface area contributed by atoms with E-state index in [9.17, 15) is 14.0 Å². The van der Waals surface area contributed by atoms with Crippen molar-refractivity contribution in [3.8, 4) is 0 Å². The molecule has 6 heteroatoms. The van der Waals surface area contributed by atoms with Crippen molar-refractivity contribution in [1.82, 2.24) is 5.32 Å². The molecule has 0 heterocycles. The predicted molar refractivity (Wildman–Crippen MR) is 78.5 cm³/mol. The standard InChI is InChI=1S/C15H21FN2O3/c1-15(2,3)14(21)18-10-5-6-12(16)11(9-10)13(20)17-7-4-8-19/h5-6,9,19H,4,7-8H2,1-3H3,(H,17,20)(H,18,21). The molecular weight excluding hydrogens is 275 g/mol. The zero-order valence-corrected chi connectivity index (χ0v) is 12.5. The Morgan fingerprint density at radius 1 is 1.29 bits per heavy atom. The lowest BCUT2D eigenvalue weighted by Crippen LogP contribution is -2.28. The van der Waals surface area contributed by atoms with Gasteiger partial charge in [0.1, 0.15) is 5.82 Å². The number of hydrogen-bond acceptors (Lipinski definition) is 3. The van der Waals surface area contributed by atoms with Crippen molar-refractivity contribution in [3.63, 3.8) is 0 Å². The van der Waals surface area contributed by atoms with E-state index < -0.39 is 17.1 Å². The minimum atomic E-state index is -0.662. The van der Waals surface area contributed by atoms with Gasteiger partial charge in [-0.1, -0.05) is 20.8 Å². The maximum absolute atomic E-state index is 13.7. The number of nitrogens with one attached hydrogen (secondary N) is 2. The van der Waals surface area contributed by atoms with Gasteiger partial charge >= 0.3 is 0 Å². The maximum Gasteiger partial charge on any atom is 0.254 e. The Kier molecular flexibility index (Phi) is 5.84. The summed E-state index contributed by atoms with van der Waals surface area (Å²) in [6, 6.07) is 3.84. The van der Waals surface area contributed by atoms with Crippen LogP contribution in [-0.4, -0.2) is 30.1 Å². The molecule has 3 N–H and O–H groups in total. The fourth-order valence-corrected chi connectivity index (χ4v) is 1.47. The summed E-state index contributed by atoms with van der Waals surface area (Å²) in [6.07, 6.45) is 0.397. The number of carbonyl (C=O) groups excluding carboxylic acids is 2. The summed E-state index contributed by atoms with van der Waals surface area (Å²) in [7, 11) is 0. The van der Waals surface area contributed by atoms with Crippen LogP contribution < -0.4 is 10.6 Å². The molecule has 1 aromatic carbocycles. The molecule has 2 amide bonds. The van der Waals surface area contributed by atoms with Crippen molar-refractivity contribution in [2.45, 2.75) is 27.2 Å². The first kappa shape index (κ1) is 17.1. The van der Waals surface area contributed by atoms with Gasteiger partial charge in [-0.15, -0.1) is 0 Å². The predicted octanol–water partition coefficient (Wildman–Crippen LogP) is 1.92. The van der Waals surface area contributed by atoms with Gasteiger partial charge in [-0.2, -0.15) is 0 Å². The van der Waals surface area contributed by atoms with E-state index in [0.29, 0.717) is 12.1 Å². The van der Waals surface area contributed by atoms with E-state index in [1.165, 1.54) is 12.1 Å². The molecule has 1 aromatic rings. The molecule has 0 aromatic heterocycles. The van der Waals surface area contributed by atoms with Gasteiger partial charge in [0.15, 0.2) is 0 Å². The molecule has 5 nitrogen and oxygen atoms in total. The van der Waals surface area contributed by atoms with Gasteiger partial charge in [0.05, 0.1) is 5.56 Å². The number of carbonyl (C=O) groups is 2. The lowest BCUT2D eigenvalue weighted by Gasteiger charge is -2.18.